The van der Waals surface area contributed by atoms with E-state index in [1.807, 2.05) is 44.2 Å². The average Bonchev–Trinajstić information content (AvgIpc) is 3.16. The predicted molar refractivity (Wildman–Crippen MR) is 149 cm³/mol. The number of hydrazine groups is 1. The third-order valence-corrected chi connectivity index (χ3v) is 7.80. The molecule has 7 heteroatoms. The van der Waals surface area contributed by atoms with E-state index in [9.17, 15) is 19.5 Å². The molecule has 2 aromatic carbocycles. The van der Waals surface area contributed by atoms with Crippen LogP contribution in [0.3, 0.4) is 0 Å². The molecule has 6 rings (SSSR count). The highest BCUT2D eigenvalue weighted by Gasteiger charge is 2.32. The smallest absolute Gasteiger partial charge is 0.335 e. The second-order valence-corrected chi connectivity index (χ2v) is 10.1. The SMILES string of the molecule is CC.O=C1CCCN(C(=O)C2=Cc3ccccc3-c3c(C4CCCCC4)c4ccc(C(=O)O)cc4n3C2)N1. The zero-order valence-corrected chi connectivity index (χ0v) is 22.1. The summed E-state index contributed by atoms with van der Waals surface area (Å²) in [5.41, 5.74) is 8.71. The van der Waals surface area contributed by atoms with E-state index in [1.54, 1.807) is 12.1 Å². The number of amides is 2. The number of hydrogen-bond acceptors (Lipinski definition) is 3. The Bertz CT molecular complexity index is 1430. The van der Waals surface area contributed by atoms with Crippen molar-refractivity contribution >= 4 is 34.8 Å². The van der Waals surface area contributed by atoms with Crippen molar-refractivity contribution in [3.63, 3.8) is 0 Å². The molecule has 198 valence electrons. The zero-order valence-electron chi connectivity index (χ0n) is 22.1. The molecule has 0 atom stereocenters. The van der Waals surface area contributed by atoms with E-state index in [-0.39, 0.29) is 17.4 Å². The van der Waals surface area contributed by atoms with Gasteiger partial charge in [-0.25, -0.2) is 4.79 Å². The molecule has 2 aliphatic heterocycles. The van der Waals surface area contributed by atoms with Crippen LogP contribution in [0.1, 0.15) is 86.2 Å². The molecule has 3 aromatic rings. The second kappa shape index (κ2) is 10.9. The summed E-state index contributed by atoms with van der Waals surface area (Å²) in [7, 11) is 0. The van der Waals surface area contributed by atoms with Crippen LogP contribution in [0.5, 0.6) is 0 Å². The molecule has 3 heterocycles. The van der Waals surface area contributed by atoms with Gasteiger partial charge in [-0.1, -0.05) is 63.4 Å². The Balaban J connectivity index is 0.00000144. The highest BCUT2D eigenvalue weighted by molar-refractivity contribution is 6.04. The number of nitrogens with one attached hydrogen (secondary N) is 1. The Hall–Kier alpha value is -3.87. The first-order chi connectivity index (χ1) is 18.5. The number of carboxylic acids is 1. The minimum atomic E-state index is -0.969. The van der Waals surface area contributed by atoms with Crippen molar-refractivity contribution < 1.29 is 19.5 Å². The molecule has 2 fully saturated rings. The van der Waals surface area contributed by atoms with Crippen LogP contribution in [0.15, 0.2) is 48.0 Å². The van der Waals surface area contributed by atoms with E-state index in [2.05, 4.69) is 16.1 Å². The van der Waals surface area contributed by atoms with Crippen LogP contribution in [-0.4, -0.2) is 39.0 Å². The Kier molecular flexibility index (Phi) is 7.36. The molecule has 0 unspecified atom stereocenters. The number of aromatic carboxylic acids is 1. The molecule has 38 heavy (non-hydrogen) atoms. The number of carbonyl (C=O) groups is 3. The summed E-state index contributed by atoms with van der Waals surface area (Å²) >= 11 is 0. The highest BCUT2D eigenvalue weighted by atomic mass is 16.4. The van der Waals surface area contributed by atoms with E-state index in [1.165, 1.54) is 29.8 Å². The van der Waals surface area contributed by atoms with Crippen molar-refractivity contribution in [1.82, 2.24) is 15.0 Å². The summed E-state index contributed by atoms with van der Waals surface area (Å²) in [6.07, 6.45) is 8.80. The van der Waals surface area contributed by atoms with Gasteiger partial charge in [-0.15, -0.1) is 0 Å². The minimum Gasteiger partial charge on any atom is -0.478 e. The quantitative estimate of drug-likeness (QED) is 0.441. The third-order valence-electron chi connectivity index (χ3n) is 7.80. The van der Waals surface area contributed by atoms with Crippen LogP contribution in [-0.2, 0) is 16.1 Å². The average molecular weight is 514 g/mol. The number of nitrogens with zero attached hydrogens (tertiary/aromatic N) is 2. The molecule has 1 saturated carbocycles. The monoisotopic (exact) mass is 513 g/mol. The predicted octanol–water partition coefficient (Wildman–Crippen LogP) is 6.13. The second-order valence-electron chi connectivity index (χ2n) is 10.1. The van der Waals surface area contributed by atoms with Gasteiger partial charge in [-0.3, -0.25) is 20.0 Å². The van der Waals surface area contributed by atoms with E-state index in [0.29, 0.717) is 37.4 Å². The van der Waals surface area contributed by atoms with Crippen LogP contribution in [0.2, 0.25) is 0 Å². The molecule has 0 bridgehead atoms. The molecular weight excluding hydrogens is 478 g/mol. The van der Waals surface area contributed by atoms with Gasteiger partial charge in [0.25, 0.3) is 5.91 Å². The molecule has 2 amide bonds. The number of rotatable bonds is 3. The number of benzene rings is 2. The maximum absolute atomic E-state index is 13.6. The number of aromatic nitrogens is 1. The maximum Gasteiger partial charge on any atom is 0.335 e. The van der Waals surface area contributed by atoms with Gasteiger partial charge in [0, 0.05) is 35.0 Å². The first kappa shape index (κ1) is 25.8. The van der Waals surface area contributed by atoms with Crippen molar-refractivity contribution in [3.8, 4) is 11.3 Å². The number of fused-ring (bicyclic) bond motifs is 5. The fraction of sp³-hybridized carbons (Fsp3) is 0.387. The van der Waals surface area contributed by atoms with Crippen LogP contribution in [0, 0.1) is 0 Å². The van der Waals surface area contributed by atoms with Gasteiger partial charge >= 0.3 is 5.97 Å². The van der Waals surface area contributed by atoms with Crippen LogP contribution >= 0.6 is 0 Å². The first-order valence-corrected chi connectivity index (χ1v) is 13.8. The summed E-state index contributed by atoms with van der Waals surface area (Å²) in [5.74, 6) is -0.952. The zero-order chi connectivity index (χ0) is 26.8. The molecule has 1 aliphatic carbocycles. The van der Waals surface area contributed by atoms with Gasteiger partial charge in [0.2, 0.25) is 5.91 Å². The van der Waals surface area contributed by atoms with Gasteiger partial charge in [-0.05, 0) is 54.5 Å². The summed E-state index contributed by atoms with van der Waals surface area (Å²) in [4.78, 5) is 37.5. The third kappa shape index (κ3) is 4.62. The van der Waals surface area contributed by atoms with Crippen molar-refractivity contribution in [2.45, 2.75) is 71.3 Å². The van der Waals surface area contributed by atoms with Crippen LogP contribution < -0.4 is 5.43 Å². The van der Waals surface area contributed by atoms with Gasteiger partial charge < -0.3 is 9.67 Å². The van der Waals surface area contributed by atoms with E-state index < -0.39 is 5.97 Å². The lowest BCUT2D eigenvalue weighted by atomic mass is 9.81. The van der Waals surface area contributed by atoms with Crippen molar-refractivity contribution in [2.24, 2.45) is 0 Å². The molecule has 1 saturated heterocycles. The fourth-order valence-electron chi connectivity index (χ4n) is 6.13. The van der Waals surface area contributed by atoms with Gasteiger partial charge in [0.05, 0.1) is 17.8 Å². The minimum absolute atomic E-state index is 0.151. The molecule has 7 nitrogen and oxygen atoms in total. The Morgan fingerprint density at radius 2 is 1.76 bits per heavy atom. The lowest BCUT2D eigenvalue weighted by Gasteiger charge is -2.28. The topological polar surface area (TPSA) is 91.6 Å². The lowest BCUT2D eigenvalue weighted by Crippen LogP contribution is -2.50. The standard InChI is InChI=1S/C29H29N3O4.C2H6/c33-25-11-6-14-32(30-25)28(34)21-15-19-9-4-5-10-22(19)27-26(18-7-2-1-3-8-18)23-13-12-20(29(35)36)16-24(23)31(27)17-21;1-2/h4-5,9-10,12-13,15-16,18H,1-3,6-8,11,14,17H2,(H,30,33)(H,35,36);1-2H3. The van der Waals surface area contributed by atoms with Crippen LogP contribution in [0.25, 0.3) is 28.2 Å². The molecule has 2 N–H and O–H groups in total. The molecule has 0 radical (unpaired) electrons. The van der Waals surface area contributed by atoms with Gasteiger partial charge in [0.1, 0.15) is 0 Å². The van der Waals surface area contributed by atoms with E-state index >= 15 is 0 Å². The van der Waals surface area contributed by atoms with E-state index in [0.717, 1.165) is 40.6 Å². The largest absolute Gasteiger partial charge is 0.478 e. The maximum atomic E-state index is 13.6. The van der Waals surface area contributed by atoms with Crippen molar-refractivity contribution in [3.05, 3.63) is 64.7 Å². The summed E-state index contributed by atoms with van der Waals surface area (Å²) in [6, 6.07) is 13.5. The Labute approximate surface area is 223 Å². The molecule has 0 spiro atoms. The summed E-state index contributed by atoms with van der Waals surface area (Å²) in [6.45, 7) is 4.78. The Morgan fingerprint density at radius 1 is 1.00 bits per heavy atom. The summed E-state index contributed by atoms with van der Waals surface area (Å²) in [5, 5.41) is 12.2. The van der Waals surface area contributed by atoms with Crippen molar-refractivity contribution in [2.75, 3.05) is 6.54 Å². The van der Waals surface area contributed by atoms with Crippen molar-refractivity contribution in [1.29, 1.82) is 0 Å². The number of carbonyl (C=O) groups excluding carboxylic acids is 2. The first-order valence-electron chi connectivity index (χ1n) is 13.8. The number of hydrogen-bond donors (Lipinski definition) is 2. The van der Waals surface area contributed by atoms with Crippen LogP contribution in [0.4, 0.5) is 0 Å². The van der Waals surface area contributed by atoms with Gasteiger partial charge in [0.15, 0.2) is 0 Å². The Morgan fingerprint density at radius 3 is 2.50 bits per heavy atom. The van der Waals surface area contributed by atoms with E-state index in [4.69, 9.17) is 0 Å². The fourth-order valence-corrected chi connectivity index (χ4v) is 6.13. The van der Waals surface area contributed by atoms with Gasteiger partial charge in [-0.2, -0.15) is 0 Å². The molecular formula is C31H35N3O4. The normalized spacial score (nSPS) is 17.4. The lowest BCUT2D eigenvalue weighted by molar-refractivity contribution is -0.141. The number of carboxylic acid groups (broad SMARTS) is 1. The highest BCUT2D eigenvalue weighted by Crippen LogP contribution is 2.46. The molecule has 3 aliphatic rings. The molecule has 1 aromatic heterocycles. The summed E-state index contributed by atoms with van der Waals surface area (Å²) < 4.78 is 2.13.